The van der Waals surface area contributed by atoms with Crippen LogP contribution in [0.2, 0.25) is 5.02 Å². The van der Waals surface area contributed by atoms with Crippen molar-refractivity contribution in [3.05, 3.63) is 80.9 Å². The molecular weight excluding hydrogens is 394 g/mol. The Labute approximate surface area is 170 Å². The average Bonchev–Trinajstić information content (AvgIpc) is 3.11. The van der Waals surface area contributed by atoms with E-state index in [-0.39, 0.29) is 11.3 Å². The normalized spacial score (nSPS) is 11.4. The molecule has 4 aromatic rings. The Morgan fingerprint density at radius 3 is 2.66 bits per heavy atom. The number of nitrogens with zero attached hydrogens (tertiary/aromatic N) is 3. The largest absolute Gasteiger partial charge is 0.502 e. The SMILES string of the molecule is Cc1cc(C=Nc2ccc(-c3nc4cc(Cl)ccc4o3)cc2)c(O)c([N+](=O)[O-])c1. The molecule has 144 valence electrons. The maximum atomic E-state index is 11.0. The summed E-state index contributed by atoms with van der Waals surface area (Å²) < 4.78 is 5.74. The summed E-state index contributed by atoms with van der Waals surface area (Å²) in [6.45, 7) is 1.71. The van der Waals surface area contributed by atoms with Gasteiger partial charge in [0, 0.05) is 28.4 Å². The Morgan fingerprint density at radius 2 is 1.93 bits per heavy atom. The fraction of sp³-hybridized carbons (Fsp3) is 0.0476. The summed E-state index contributed by atoms with van der Waals surface area (Å²) in [7, 11) is 0. The zero-order valence-electron chi connectivity index (χ0n) is 15.2. The van der Waals surface area contributed by atoms with Crippen LogP contribution in [-0.2, 0) is 0 Å². The molecular formula is C21H14ClN3O4. The van der Waals surface area contributed by atoms with E-state index in [9.17, 15) is 15.2 Å². The zero-order valence-corrected chi connectivity index (χ0v) is 15.9. The minimum atomic E-state index is -0.623. The van der Waals surface area contributed by atoms with Crippen molar-refractivity contribution in [2.24, 2.45) is 4.99 Å². The number of fused-ring (bicyclic) bond motifs is 1. The first-order valence-electron chi connectivity index (χ1n) is 8.59. The highest BCUT2D eigenvalue weighted by atomic mass is 35.5. The summed E-state index contributed by atoms with van der Waals surface area (Å²) in [6.07, 6.45) is 1.39. The molecule has 4 rings (SSSR count). The Hall–Kier alpha value is -3.71. The molecule has 3 aromatic carbocycles. The molecule has 0 bridgehead atoms. The molecule has 0 unspecified atom stereocenters. The van der Waals surface area contributed by atoms with Gasteiger partial charge in [0.1, 0.15) is 5.52 Å². The summed E-state index contributed by atoms with van der Waals surface area (Å²) >= 11 is 5.98. The third kappa shape index (κ3) is 3.81. The second-order valence-electron chi connectivity index (χ2n) is 6.42. The van der Waals surface area contributed by atoms with Gasteiger partial charge in [-0.15, -0.1) is 0 Å². The second-order valence-corrected chi connectivity index (χ2v) is 6.85. The standard InChI is InChI=1S/C21H14ClN3O4/c1-12-8-14(20(26)18(9-12)25(27)28)11-23-16-5-2-13(3-6-16)21-24-17-10-15(22)4-7-19(17)29-21/h2-11,26H,1H3. The van der Waals surface area contributed by atoms with Crippen LogP contribution < -0.4 is 0 Å². The first-order chi connectivity index (χ1) is 13.9. The van der Waals surface area contributed by atoms with Gasteiger partial charge in [0.05, 0.1) is 10.6 Å². The lowest BCUT2D eigenvalue weighted by molar-refractivity contribution is -0.385. The van der Waals surface area contributed by atoms with Gasteiger partial charge >= 0.3 is 5.69 Å². The van der Waals surface area contributed by atoms with Gasteiger partial charge in [0.2, 0.25) is 11.6 Å². The van der Waals surface area contributed by atoms with Crippen LogP contribution in [0.3, 0.4) is 0 Å². The Kier molecular flexibility index (Phi) is 4.74. The van der Waals surface area contributed by atoms with E-state index in [4.69, 9.17) is 16.0 Å². The molecule has 29 heavy (non-hydrogen) atoms. The summed E-state index contributed by atoms with van der Waals surface area (Å²) in [5, 5.41) is 21.7. The smallest absolute Gasteiger partial charge is 0.311 e. The van der Waals surface area contributed by atoms with Gasteiger partial charge in [0.25, 0.3) is 0 Å². The van der Waals surface area contributed by atoms with E-state index in [1.54, 1.807) is 55.5 Å². The van der Waals surface area contributed by atoms with Crippen molar-refractivity contribution in [1.82, 2.24) is 4.98 Å². The lowest BCUT2D eigenvalue weighted by atomic mass is 10.1. The predicted octanol–water partition coefficient (Wildman–Crippen LogP) is 5.82. The molecule has 7 nitrogen and oxygen atoms in total. The quantitative estimate of drug-likeness (QED) is 0.261. The molecule has 0 aliphatic carbocycles. The van der Waals surface area contributed by atoms with Gasteiger partial charge in [-0.05, 0) is 61.0 Å². The van der Waals surface area contributed by atoms with Gasteiger partial charge in [-0.1, -0.05) is 11.6 Å². The molecule has 0 atom stereocenters. The van der Waals surface area contributed by atoms with Crippen LogP contribution in [0.25, 0.3) is 22.6 Å². The number of rotatable bonds is 4. The van der Waals surface area contributed by atoms with Gasteiger partial charge in [-0.2, -0.15) is 0 Å². The maximum Gasteiger partial charge on any atom is 0.311 e. The first-order valence-corrected chi connectivity index (χ1v) is 8.97. The molecule has 0 aliphatic heterocycles. The van der Waals surface area contributed by atoms with Crippen molar-refractivity contribution in [3.63, 3.8) is 0 Å². The number of aliphatic imine (C=N–C) groups is 1. The number of aryl methyl sites for hydroxylation is 1. The van der Waals surface area contributed by atoms with E-state index >= 15 is 0 Å². The summed E-state index contributed by atoms with van der Waals surface area (Å²) in [6, 6.07) is 15.3. The molecule has 0 spiro atoms. The molecule has 0 amide bonds. The molecule has 0 radical (unpaired) electrons. The number of phenolic OH excluding ortho intramolecular Hbond substituents is 1. The van der Waals surface area contributed by atoms with Gasteiger partial charge < -0.3 is 9.52 Å². The topological polar surface area (TPSA) is 102 Å². The summed E-state index contributed by atoms with van der Waals surface area (Å²) in [5.74, 6) is 0.0517. The van der Waals surface area contributed by atoms with Crippen LogP contribution in [-0.4, -0.2) is 21.2 Å². The number of nitro benzene ring substituents is 1. The lowest BCUT2D eigenvalue weighted by Crippen LogP contribution is -1.93. The molecule has 8 heteroatoms. The van der Waals surface area contributed by atoms with Gasteiger partial charge in [-0.25, -0.2) is 4.98 Å². The zero-order chi connectivity index (χ0) is 20.5. The molecule has 0 fully saturated rings. The first kappa shape index (κ1) is 18.6. The predicted molar refractivity (Wildman–Crippen MR) is 111 cm³/mol. The highest BCUT2D eigenvalue weighted by Gasteiger charge is 2.17. The van der Waals surface area contributed by atoms with E-state index in [1.807, 2.05) is 0 Å². The summed E-state index contributed by atoms with van der Waals surface area (Å²) in [5.41, 5.74) is 3.27. The fourth-order valence-electron chi connectivity index (χ4n) is 2.88. The number of aromatic hydroxyl groups is 1. The highest BCUT2D eigenvalue weighted by molar-refractivity contribution is 6.31. The van der Waals surface area contributed by atoms with Crippen molar-refractivity contribution >= 4 is 40.3 Å². The van der Waals surface area contributed by atoms with Crippen molar-refractivity contribution in [2.45, 2.75) is 6.92 Å². The van der Waals surface area contributed by atoms with Crippen LogP contribution in [0.15, 0.2) is 64.0 Å². The number of oxazole rings is 1. The van der Waals surface area contributed by atoms with Crippen LogP contribution in [0, 0.1) is 17.0 Å². The number of hydrogen-bond donors (Lipinski definition) is 1. The summed E-state index contributed by atoms with van der Waals surface area (Å²) in [4.78, 5) is 19.1. The maximum absolute atomic E-state index is 11.0. The van der Waals surface area contributed by atoms with Crippen LogP contribution in [0.4, 0.5) is 11.4 Å². The molecule has 0 saturated carbocycles. The van der Waals surface area contributed by atoms with E-state index in [2.05, 4.69) is 9.98 Å². The molecule has 1 aromatic heterocycles. The fourth-order valence-corrected chi connectivity index (χ4v) is 3.05. The Balaban J connectivity index is 1.60. The van der Waals surface area contributed by atoms with Crippen molar-refractivity contribution in [2.75, 3.05) is 0 Å². The van der Waals surface area contributed by atoms with Crippen molar-refractivity contribution < 1.29 is 14.4 Å². The number of hydrogen-bond acceptors (Lipinski definition) is 6. The number of halogens is 1. The molecule has 1 N–H and O–H groups in total. The second kappa shape index (κ2) is 7.37. The number of aromatic nitrogens is 1. The molecule has 0 saturated heterocycles. The Morgan fingerprint density at radius 1 is 1.17 bits per heavy atom. The van der Waals surface area contributed by atoms with Crippen LogP contribution in [0.5, 0.6) is 5.75 Å². The van der Waals surface area contributed by atoms with Gasteiger partial charge in [-0.3, -0.25) is 15.1 Å². The average molecular weight is 408 g/mol. The molecule has 1 heterocycles. The monoisotopic (exact) mass is 407 g/mol. The minimum absolute atomic E-state index is 0.275. The third-order valence-corrected chi connectivity index (χ3v) is 4.51. The van der Waals surface area contributed by atoms with E-state index in [1.165, 1.54) is 12.3 Å². The number of nitro groups is 1. The third-order valence-electron chi connectivity index (χ3n) is 4.28. The van der Waals surface area contributed by atoms with Crippen molar-refractivity contribution in [1.29, 1.82) is 0 Å². The van der Waals surface area contributed by atoms with Crippen LogP contribution in [0.1, 0.15) is 11.1 Å². The Bertz CT molecular complexity index is 1260. The van der Waals surface area contributed by atoms with Crippen LogP contribution >= 0.6 is 11.6 Å². The number of phenols is 1. The minimum Gasteiger partial charge on any atom is -0.502 e. The lowest BCUT2D eigenvalue weighted by Gasteiger charge is -2.02. The van der Waals surface area contributed by atoms with E-state index in [0.717, 1.165) is 5.56 Å². The highest BCUT2D eigenvalue weighted by Crippen LogP contribution is 2.31. The van der Waals surface area contributed by atoms with Crippen molar-refractivity contribution in [3.8, 4) is 17.2 Å². The number of benzene rings is 3. The van der Waals surface area contributed by atoms with E-state index in [0.29, 0.717) is 33.3 Å². The van der Waals surface area contributed by atoms with E-state index < -0.39 is 10.7 Å². The van der Waals surface area contributed by atoms with Gasteiger partial charge in [0.15, 0.2) is 5.58 Å². The molecule has 0 aliphatic rings.